The van der Waals surface area contributed by atoms with Crippen molar-refractivity contribution in [1.29, 1.82) is 0 Å². The van der Waals surface area contributed by atoms with Gasteiger partial charge in [-0.15, -0.1) is 0 Å². The Labute approximate surface area is 209 Å². The molecule has 4 rings (SSSR count). The first-order chi connectivity index (χ1) is 17.8. The Morgan fingerprint density at radius 2 is 1.57 bits per heavy atom. The zero-order valence-corrected chi connectivity index (χ0v) is 19.2. The minimum atomic E-state index is -1.46. The third kappa shape index (κ3) is 5.49. The lowest BCUT2D eigenvalue weighted by atomic mass is 9.95. The number of carboxylic acids is 1. The van der Waals surface area contributed by atoms with Gasteiger partial charge in [0.2, 0.25) is 0 Å². The lowest BCUT2D eigenvalue weighted by Gasteiger charge is -2.13. The van der Waals surface area contributed by atoms with Gasteiger partial charge in [0.05, 0.1) is 23.1 Å². The molecule has 0 saturated carbocycles. The van der Waals surface area contributed by atoms with E-state index in [9.17, 15) is 23.2 Å². The summed E-state index contributed by atoms with van der Waals surface area (Å²) in [6.07, 6.45) is 2.33. The first kappa shape index (κ1) is 25.1. The fourth-order valence-electron chi connectivity index (χ4n) is 3.65. The average molecular weight is 502 g/mol. The minimum Gasteiger partial charge on any atom is -0.478 e. The number of aromatic carboxylic acids is 1. The van der Waals surface area contributed by atoms with Crippen LogP contribution in [0.4, 0.5) is 20.2 Å². The number of pyridine rings is 1. The molecule has 0 aliphatic rings. The van der Waals surface area contributed by atoms with E-state index in [1.54, 1.807) is 30.3 Å². The first-order valence-corrected chi connectivity index (χ1v) is 11.0. The monoisotopic (exact) mass is 502 g/mol. The van der Waals surface area contributed by atoms with Gasteiger partial charge in [-0.1, -0.05) is 24.3 Å². The molecule has 0 saturated heterocycles. The summed E-state index contributed by atoms with van der Waals surface area (Å²) >= 11 is 0. The fourth-order valence-corrected chi connectivity index (χ4v) is 3.65. The van der Waals surface area contributed by atoms with E-state index in [1.807, 2.05) is 0 Å². The molecule has 0 radical (unpaired) electrons. The van der Waals surface area contributed by atoms with E-state index in [4.69, 9.17) is 10.8 Å². The summed E-state index contributed by atoms with van der Waals surface area (Å²) in [7, 11) is 0. The van der Waals surface area contributed by atoms with E-state index in [1.165, 1.54) is 36.5 Å². The van der Waals surface area contributed by atoms with Crippen molar-refractivity contribution in [3.63, 3.8) is 0 Å². The van der Waals surface area contributed by atoms with Crippen molar-refractivity contribution in [3.8, 4) is 11.1 Å². The second kappa shape index (κ2) is 10.8. The Morgan fingerprint density at radius 3 is 2.27 bits per heavy atom. The first-order valence-electron chi connectivity index (χ1n) is 11.0. The molecule has 0 aliphatic heterocycles. The second-order valence-corrected chi connectivity index (χ2v) is 7.89. The van der Waals surface area contributed by atoms with Crippen LogP contribution in [-0.2, 0) is 6.54 Å². The standard InChI is InChI=1S/C27H20F2N4O4/c28-21-14-31-10-9-22(21)32-26(35)17-7-8-18(13-30)20(12-17)15-3-1-4-16(11-15)25(34)33-23-6-2-5-19(24(23)29)27(36)37/h1-12,14H,13,30H2,(H,33,34)(H,36,37)(H,31,32,35). The number of hydrogen-bond donors (Lipinski definition) is 4. The van der Waals surface area contributed by atoms with E-state index in [0.29, 0.717) is 16.7 Å². The van der Waals surface area contributed by atoms with Crippen LogP contribution in [-0.4, -0.2) is 27.9 Å². The largest absolute Gasteiger partial charge is 0.478 e. The molecule has 10 heteroatoms. The van der Waals surface area contributed by atoms with Gasteiger partial charge in [-0.05, 0) is 59.2 Å². The molecule has 3 aromatic carbocycles. The third-order valence-electron chi connectivity index (χ3n) is 5.53. The molecule has 186 valence electrons. The van der Waals surface area contributed by atoms with Crippen LogP contribution in [0.5, 0.6) is 0 Å². The number of anilines is 2. The van der Waals surface area contributed by atoms with Crippen LogP contribution < -0.4 is 16.4 Å². The molecule has 0 fully saturated rings. The predicted octanol–water partition coefficient (Wildman–Crippen LogP) is 4.69. The lowest BCUT2D eigenvalue weighted by Crippen LogP contribution is -2.15. The number of carbonyl (C=O) groups excluding carboxylic acids is 2. The van der Waals surface area contributed by atoms with Crippen molar-refractivity contribution in [2.75, 3.05) is 10.6 Å². The molecule has 37 heavy (non-hydrogen) atoms. The van der Waals surface area contributed by atoms with Gasteiger partial charge in [0.25, 0.3) is 11.8 Å². The highest BCUT2D eigenvalue weighted by atomic mass is 19.1. The Kier molecular flexibility index (Phi) is 7.31. The Morgan fingerprint density at radius 1 is 0.865 bits per heavy atom. The molecule has 0 bridgehead atoms. The summed E-state index contributed by atoms with van der Waals surface area (Å²) in [6.45, 7) is 0.139. The van der Waals surface area contributed by atoms with Crippen LogP contribution in [0.1, 0.15) is 36.6 Å². The van der Waals surface area contributed by atoms with Crippen LogP contribution in [0.3, 0.4) is 0 Å². The summed E-state index contributed by atoms with van der Waals surface area (Å²) < 4.78 is 28.4. The second-order valence-electron chi connectivity index (χ2n) is 7.89. The molecular formula is C27H20F2N4O4. The summed E-state index contributed by atoms with van der Waals surface area (Å²) in [5, 5.41) is 14.0. The molecule has 1 aromatic heterocycles. The van der Waals surface area contributed by atoms with Gasteiger partial charge in [-0.3, -0.25) is 14.6 Å². The van der Waals surface area contributed by atoms with Gasteiger partial charge in [0.15, 0.2) is 11.6 Å². The topological polar surface area (TPSA) is 134 Å². The van der Waals surface area contributed by atoms with Crippen LogP contribution in [0, 0.1) is 11.6 Å². The van der Waals surface area contributed by atoms with Crippen molar-refractivity contribution in [2.45, 2.75) is 6.54 Å². The number of aromatic nitrogens is 1. The number of nitrogens with zero attached hydrogens (tertiary/aromatic N) is 1. The van der Waals surface area contributed by atoms with Crippen molar-refractivity contribution in [1.82, 2.24) is 4.98 Å². The number of nitrogens with two attached hydrogens (primary N) is 1. The molecule has 0 unspecified atom stereocenters. The minimum absolute atomic E-state index is 0.0256. The number of rotatable bonds is 7. The highest BCUT2D eigenvalue weighted by molar-refractivity contribution is 6.07. The van der Waals surface area contributed by atoms with Crippen molar-refractivity contribution in [3.05, 3.63) is 113 Å². The summed E-state index contributed by atoms with van der Waals surface area (Å²) in [5.74, 6) is -4.43. The van der Waals surface area contributed by atoms with Crippen LogP contribution in [0.2, 0.25) is 0 Å². The maximum absolute atomic E-state index is 14.5. The van der Waals surface area contributed by atoms with Crippen molar-refractivity contribution in [2.24, 2.45) is 5.73 Å². The molecule has 0 atom stereocenters. The van der Waals surface area contributed by atoms with E-state index in [2.05, 4.69) is 15.6 Å². The summed E-state index contributed by atoms with van der Waals surface area (Å²) in [5.41, 5.74) is 7.21. The van der Waals surface area contributed by atoms with Gasteiger partial charge in [-0.25, -0.2) is 13.6 Å². The third-order valence-corrected chi connectivity index (χ3v) is 5.53. The fraction of sp³-hybridized carbons (Fsp3) is 0.0370. The van der Waals surface area contributed by atoms with Gasteiger partial charge < -0.3 is 21.5 Å². The van der Waals surface area contributed by atoms with E-state index in [-0.39, 0.29) is 29.0 Å². The number of halogens is 2. The maximum Gasteiger partial charge on any atom is 0.338 e. The number of hydrogen-bond acceptors (Lipinski definition) is 5. The van der Waals surface area contributed by atoms with Crippen LogP contribution >= 0.6 is 0 Å². The number of amides is 2. The molecule has 5 N–H and O–H groups in total. The molecule has 2 amide bonds. The van der Waals surface area contributed by atoms with E-state index >= 15 is 0 Å². The van der Waals surface area contributed by atoms with E-state index in [0.717, 1.165) is 12.3 Å². The number of carboxylic acid groups (broad SMARTS) is 1. The smallest absolute Gasteiger partial charge is 0.338 e. The zero-order valence-electron chi connectivity index (χ0n) is 19.2. The van der Waals surface area contributed by atoms with Gasteiger partial charge in [-0.2, -0.15) is 0 Å². The molecule has 4 aromatic rings. The normalized spacial score (nSPS) is 10.6. The zero-order chi connectivity index (χ0) is 26.5. The predicted molar refractivity (Wildman–Crippen MR) is 133 cm³/mol. The highest BCUT2D eigenvalue weighted by Crippen LogP contribution is 2.27. The number of carbonyl (C=O) groups is 3. The van der Waals surface area contributed by atoms with Gasteiger partial charge >= 0.3 is 5.97 Å². The SMILES string of the molecule is NCc1ccc(C(=O)Nc2ccncc2F)cc1-c1cccc(C(=O)Nc2cccc(C(=O)O)c2F)c1. The Hall–Kier alpha value is -4.96. The molecule has 0 aliphatic carbocycles. The Bertz CT molecular complexity index is 1520. The number of nitrogens with one attached hydrogen (secondary N) is 2. The number of benzene rings is 3. The maximum atomic E-state index is 14.5. The van der Waals surface area contributed by atoms with Crippen LogP contribution in [0.25, 0.3) is 11.1 Å². The van der Waals surface area contributed by atoms with Crippen molar-refractivity contribution < 1.29 is 28.3 Å². The van der Waals surface area contributed by atoms with Gasteiger partial charge in [0, 0.05) is 23.9 Å². The van der Waals surface area contributed by atoms with Crippen molar-refractivity contribution >= 4 is 29.2 Å². The average Bonchev–Trinajstić information content (AvgIpc) is 2.90. The quantitative estimate of drug-likeness (QED) is 0.290. The van der Waals surface area contributed by atoms with Crippen LogP contribution in [0.15, 0.2) is 79.1 Å². The molecular weight excluding hydrogens is 482 g/mol. The molecule has 8 nitrogen and oxygen atoms in total. The molecule has 0 spiro atoms. The Balaban J connectivity index is 1.63. The highest BCUT2D eigenvalue weighted by Gasteiger charge is 2.17. The molecule has 1 heterocycles. The lowest BCUT2D eigenvalue weighted by molar-refractivity contribution is 0.0691. The summed E-state index contributed by atoms with van der Waals surface area (Å²) in [6, 6.07) is 16.1. The van der Waals surface area contributed by atoms with E-state index < -0.39 is 35.0 Å². The van der Waals surface area contributed by atoms with Gasteiger partial charge in [0.1, 0.15) is 0 Å². The summed E-state index contributed by atoms with van der Waals surface area (Å²) in [4.78, 5) is 40.4.